The van der Waals surface area contributed by atoms with Crippen LogP contribution in [0.2, 0.25) is 0 Å². The van der Waals surface area contributed by atoms with Crippen LogP contribution in [-0.4, -0.2) is 22.1 Å². The van der Waals surface area contributed by atoms with Gasteiger partial charge in [-0.2, -0.15) is 0 Å². The third-order valence-corrected chi connectivity index (χ3v) is 7.74. The van der Waals surface area contributed by atoms with E-state index >= 15 is 4.39 Å². The van der Waals surface area contributed by atoms with E-state index in [1.807, 2.05) is 6.92 Å². The molecule has 0 heterocycles. The van der Waals surface area contributed by atoms with Crippen LogP contribution in [-0.2, 0) is 0 Å². The zero-order valence-electron chi connectivity index (χ0n) is 13.9. The minimum atomic E-state index is -1.44. The Morgan fingerprint density at radius 2 is 1.83 bits per heavy atom. The van der Waals surface area contributed by atoms with Gasteiger partial charge in [0.05, 0.1) is 0 Å². The maximum absolute atomic E-state index is 16.4. The van der Waals surface area contributed by atoms with Crippen molar-refractivity contribution in [3.8, 4) is 0 Å². The summed E-state index contributed by atoms with van der Waals surface area (Å²) >= 11 is 0. The molecule has 2 N–H and O–H groups in total. The molecule has 4 aliphatic carbocycles. The summed E-state index contributed by atoms with van der Waals surface area (Å²) in [5.74, 6) is -0.527. The van der Waals surface area contributed by atoms with Gasteiger partial charge in [-0.25, -0.2) is 8.78 Å². The third-order valence-electron chi connectivity index (χ3n) is 7.74. The minimum Gasteiger partial charge on any atom is -0.504 e. The first kappa shape index (κ1) is 15.5. The van der Waals surface area contributed by atoms with Gasteiger partial charge in [0.1, 0.15) is 11.8 Å². The number of rotatable bonds is 0. The van der Waals surface area contributed by atoms with Crippen LogP contribution in [0.1, 0.15) is 52.4 Å². The minimum absolute atomic E-state index is 0.0821. The average Bonchev–Trinajstić information content (AvgIpc) is 2.77. The molecule has 3 fully saturated rings. The van der Waals surface area contributed by atoms with Crippen molar-refractivity contribution >= 4 is 0 Å². The normalized spacial score (nSPS) is 55.3. The van der Waals surface area contributed by atoms with Crippen LogP contribution in [0, 0.1) is 28.6 Å². The topological polar surface area (TPSA) is 40.5 Å². The molecule has 0 aliphatic heterocycles. The van der Waals surface area contributed by atoms with Gasteiger partial charge < -0.3 is 10.2 Å². The van der Waals surface area contributed by atoms with Crippen LogP contribution in [0.3, 0.4) is 0 Å². The molecule has 4 heteroatoms. The van der Waals surface area contributed by atoms with E-state index in [2.05, 4.69) is 6.92 Å². The molecule has 2 nitrogen and oxygen atoms in total. The average molecular weight is 324 g/mol. The molecule has 0 amide bonds. The van der Waals surface area contributed by atoms with Crippen molar-refractivity contribution in [1.82, 2.24) is 0 Å². The fourth-order valence-electron chi connectivity index (χ4n) is 6.39. The summed E-state index contributed by atoms with van der Waals surface area (Å²) < 4.78 is 30.5. The first-order valence-electron chi connectivity index (χ1n) is 8.86. The largest absolute Gasteiger partial charge is 0.504 e. The van der Waals surface area contributed by atoms with Gasteiger partial charge in [0.15, 0.2) is 11.5 Å². The Hall–Kier alpha value is -1.06. The van der Waals surface area contributed by atoms with Gasteiger partial charge >= 0.3 is 0 Å². The van der Waals surface area contributed by atoms with Crippen molar-refractivity contribution in [1.29, 1.82) is 0 Å². The number of aliphatic hydroxyl groups is 2. The molecule has 1 unspecified atom stereocenters. The molecule has 3 saturated carbocycles. The molecule has 0 aromatic heterocycles. The highest BCUT2D eigenvalue weighted by Crippen LogP contribution is 2.68. The van der Waals surface area contributed by atoms with E-state index in [4.69, 9.17) is 0 Å². The Balaban J connectivity index is 1.76. The molecule has 4 aliphatic rings. The van der Waals surface area contributed by atoms with Crippen LogP contribution in [0.25, 0.3) is 0 Å². The van der Waals surface area contributed by atoms with Gasteiger partial charge in [-0.1, -0.05) is 13.8 Å². The molecule has 4 rings (SSSR count). The lowest BCUT2D eigenvalue weighted by atomic mass is 9.45. The number of hydrogen-bond donors (Lipinski definition) is 2. The number of hydrogen-bond acceptors (Lipinski definition) is 2. The second-order valence-electron chi connectivity index (χ2n) is 8.81. The number of allylic oxidation sites excluding steroid dienone is 2. The van der Waals surface area contributed by atoms with Crippen molar-refractivity contribution in [2.75, 3.05) is 0 Å². The summed E-state index contributed by atoms with van der Waals surface area (Å²) in [6.45, 7) is 4.00. The highest BCUT2D eigenvalue weighted by atomic mass is 19.1. The number of fused-ring (bicyclic) bond motifs is 5. The summed E-state index contributed by atoms with van der Waals surface area (Å²) in [4.78, 5) is 0. The van der Waals surface area contributed by atoms with Crippen LogP contribution in [0.5, 0.6) is 0 Å². The second-order valence-corrected chi connectivity index (χ2v) is 8.81. The van der Waals surface area contributed by atoms with Crippen LogP contribution in [0.4, 0.5) is 8.78 Å². The maximum atomic E-state index is 16.4. The van der Waals surface area contributed by atoms with Gasteiger partial charge in [0.25, 0.3) is 0 Å². The highest BCUT2D eigenvalue weighted by molar-refractivity contribution is 5.34. The molecular weight excluding hydrogens is 298 g/mol. The molecule has 0 aromatic carbocycles. The summed E-state index contributed by atoms with van der Waals surface area (Å²) in [5, 5.41) is 19.8. The van der Waals surface area contributed by atoms with Crippen molar-refractivity contribution < 1.29 is 19.0 Å². The summed E-state index contributed by atoms with van der Waals surface area (Å²) in [6, 6.07) is 0. The third kappa shape index (κ3) is 1.84. The number of halogens is 2. The molecule has 23 heavy (non-hydrogen) atoms. The SMILES string of the molecule is C[C@]12CC[C@@]3(F)[C@@H](CCC4C=C(O)C(O)=C[C@@]43C)[C@@H]1C[C@@H](F)C2. The van der Waals surface area contributed by atoms with Crippen LogP contribution in [0.15, 0.2) is 23.7 Å². The lowest BCUT2D eigenvalue weighted by molar-refractivity contribution is -0.152. The van der Waals surface area contributed by atoms with Crippen molar-refractivity contribution in [2.24, 2.45) is 28.6 Å². The zero-order valence-corrected chi connectivity index (χ0v) is 13.9. The highest BCUT2D eigenvalue weighted by Gasteiger charge is 2.67. The van der Waals surface area contributed by atoms with Crippen molar-refractivity contribution in [3.63, 3.8) is 0 Å². The molecule has 0 spiro atoms. The fourth-order valence-corrected chi connectivity index (χ4v) is 6.39. The van der Waals surface area contributed by atoms with E-state index in [9.17, 15) is 14.6 Å². The van der Waals surface area contributed by atoms with Gasteiger partial charge in [-0.3, -0.25) is 0 Å². The molecule has 0 aromatic rings. The zero-order chi connectivity index (χ0) is 16.6. The molecule has 0 radical (unpaired) electrons. The molecule has 0 bridgehead atoms. The van der Waals surface area contributed by atoms with Crippen LogP contribution < -0.4 is 0 Å². The monoisotopic (exact) mass is 324 g/mol. The molecule has 128 valence electrons. The van der Waals surface area contributed by atoms with Crippen molar-refractivity contribution in [3.05, 3.63) is 23.7 Å². The first-order valence-corrected chi connectivity index (χ1v) is 8.86. The standard InChI is InChI=1S/C19H26F2O2/c1-17-5-6-19(21)13(14(17)8-12(20)9-17)4-3-11-7-15(22)16(23)10-18(11,19)2/h7,10-14,22-23H,3-6,8-9H2,1-2H3/t11?,12-,13+,14+,17-,18+,19-/m1/s1. The first-order chi connectivity index (χ1) is 10.7. The molecular formula is C19H26F2O2. The van der Waals surface area contributed by atoms with E-state index < -0.39 is 17.3 Å². The lowest BCUT2D eigenvalue weighted by Gasteiger charge is -2.60. The van der Waals surface area contributed by atoms with Gasteiger partial charge in [0, 0.05) is 5.41 Å². The maximum Gasteiger partial charge on any atom is 0.153 e. The molecule has 0 saturated heterocycles. The summed E-state index contributed by atoms with van der Waals surface area (Å²) in [6.07, 6.45) is 6.03. The van der Waals surface area contributed by atoms with Crippen molar-refractivity contribution in [2.45, 2.75) is 64.2 Å². The second kappa shape index (κ2) is 4.52. The predicted octanol–water partition coefficient (Wildman–Crippen LogP) is 5.17. The quantitative estimate of drug-likeness (QED) is 0.645. The molecule has 7 atom stereocenters. The predicted molar refractivity (Wildman–Crippen MR) is 84.5 cm³/mol. The van der Waals surface area contributed by atoms with E-state index in [1.165, 1.54) is 6.08 Å². The van der Waals surface area contributed by atoms with E-state index in [0.717, 1.165) is 12.8 Å². The van der Waals surface area contributed by atoms with Gasteiger partial charge in [-0.05, 0) is 73.8 Å². The Bertz CT molecular complexity index is 600. The van der Waals surface area contributed by atoms with Gasteiger partial charge in [-0.15, -0.1) is 0 Å². The Kier molecular flexibility index (Phi) is 3.04. The smallest absolute Gasteiger partial charge is 0.153 e. The van der Waals surface area contributed by atoms with E-state index in [0.29, 0.717) is 25.7 Å². The Morgan fingerprint density at radius 3 is 2.57 bits per heavy atom. The lowest BCUT2D eigenvalue weighted by Crippen LogP contribution is -2.61. The van der Waals surface area contributed by atoms with Crippen LogP contribution >= 0.6 is 0 Å². The Labute approximate surface area is 136 Å². The van der Waals surface area contributed by atoms with Gasteiger partial charge in [0.2, 0.25) is 0 Å². The number of aliphatic hydroxyl groups excluding tert-OH is 2. The number of alkyl halides is 2. The summed E-state index contributed by atoms with van der Waals surface area (Å²) in [5.41, 5.74) is -2.33. The Morgan fingerprint density at radius 1 is 1.09 bits per heavy atom. The summed E-state index contributed by atoms with van der Waals surface area (Å²) in [7, 11) is 0. The van der Waals surface area contributed by atoms with E-state index in [-0.39, 0.29) is 34.7 Å². The fraction of sp³-hybridized carbons (Fsp3) is 0.789. The van der Waals surface area contributed by atoms with E-state index in [1.54, 1.807) is 6.08 Å².